The number of aliphatic hydroxyl groups is 2. The summed E-state index contributed by atoms with van der Waals surface area (Å²) in [5.41, 5.74) is 0. The van der Waals surface area contributed by atoms with Crippen molar-refractivity contribution in [3.05, 3.63) is 13.8 Å². The van der Waals surface area contributed by atoms with Gasteiger partial charge in [0.25, 0.3) is 0 Å². The molecule has 0 spiro atoms. The van der Waals surface area contributed by atoms with E-state index in [9.17, 15) is 4.57 Å². The Hall–Kier alpha value is 0.584. The van der Waals surface area contributed by atoms with Crippen molar-refractivity contribution < 1.29 is 48.3 Å². The molecule has 8 heteroatoms. The molecule has 0 aliphatic carbocycles. The van der Waals surface area contributed by atoms with Gasteiger partial charge in [-0.1, -0.05) is 78.1 Å². The molecule has 0 bridgehead atoms. The van der Waals surface area contributed by atoms with Crippen molar-refractivity contribution in [2.45, 2.75) is 96.7 Å². The van der Waals surface area contributed by atoms with Crippen LogP contribution in [0.15, 0.2) is 0 Å². The van der Waals surface area contributed by atoms with E-state index in [1.54, 1.807) is 0 Å². The van der Waals surface area contributed by atoms with E-state index < -0.39 is 20.0 Å². The molecule has 0 heterocycles. The molecule has 4 N–H and O–H groups in total. The quantitative estimate of drug-likeness (QED) is 0.154. The summed E-state index contributed by atoms with van der Waals surface area (Å²) in [6.45, 7) is 11.1. The van der Waals surface area contributed by atoms with Gasteiger partial charge in [0.1, 0.15) is 0 Å². The average molecular weight is 432 g/mol. The van der Waals surface area contributed by atoms with Gasteiger partial charge in [-0.05, 0) is 0 Å². The molecular weight excluding hydrogens is 391 g/mol. The molecule has 0 radical (unpaired) electrons. The molecule has 0 saturated heterocycles. The summed E-state index contributed by atoms with van der Waals surface area (Å²) in [5.74, 6) is -1.93. The molecule has 0 amide bonds. The van der Waals surface area contributed by atoms with Crippen molar-refractivity contribution in [2.75, 3.05) is 6.61 Å². The van der Waals surface area contributed by atoms with E-state index in [-0.39, 0.29) is 0 Å². The van der Waals surface area contributed by atoms with Gasteiger partial charge in [0.2, 0.25) is 0 Å². The van der Waals surface area contributed by atoms with E-state index in [1.807, 2.05) is 0 Å². The first-order valence-electron chi connectivity index (χ1n) is 9.44. The SMILES string of the molecule is O=P(O)(O)C(O)CO.[CH2-]CCCCCCC.[CH2-]CCCCCCC.[O]=[Ti+2]. The minimum atomic E-state index is -4.45. The van der Waals surface area contributed by atoms with E-state index >= 15 is 0 Å². The van der Waals surface area contributed by atoms with E-state index in [1.165, 1.54) is 64.2 Å². The zero-order chi connectivity index (χ0) is 21.3. The molecule has 0 aliphatic rings. The van der Waals surface area contributed by atoms with Crippen molar-refractivity contribution in [3.8, 4) is 0 Å². The molecule has 0 saturated carbocycles. The summed E-state index contributed by atoms with van der Waals surface area (Å²) >= 11 is 0.750. The van der Waals surface area contributed by atoms with Crippen LogP contribution in [0, 0.1) is 13.8 Å². The van der Waals surface area contributed by atoms with Crippen molar-refractivity contribution >= 4 is 7.60 Å². The average Bonchev–Trinajstić information content (AvgIpc) is 2.64. The normalized spacial score (nSPS) is 11.2. The first kappa shape index (κ1) is 34.1. The second-order valence-corrected chi connectivity index (χ2v) is 7.56. The summed E-state index contributed by atoms with van der Waals surface area (Å²) in [6.07, 6.45) is 16.0. The van der Waals surface area contributed by atoms with Crippen LogP contribution >= 0.6 is 7.60 Å². The maximum atomic E-state index is 9.85. The summed E-state index contributed by atoms with van der Waals surface area (Å²) in [7, 11) is -4.45. The molecule has 26 heavy (non-hydrogen) atoms. The van der Waals surface area contributed by atoms with Crippen molar-refractivity contribution in [3.63, 3.8) is 0 Å². The van der Waals surface area contributed by atoms with Crippen molar-refractivity contribution in [2.24, 2.45) is 0 Å². The Labute approximate surface area is 173 Å². The topological polar surface area (TPSA) is 115 Å². The van der Waals surface area contributed by atoms with Gasteiger partial charge in [-0.2, -0.15) is 12.8 Å². The molecule has 0 aromatic heterocycles. The number of unbranched alkanes of at least 4 members (excludes halogenated alkanes) is 10. The Kier molecular flexibility index (Phi) is 39.8. The van der Waals surface area contributed by atoms with Crippen LogP contribution in [0.4, 0.5) is 0 Å². The Morgan fingerprint density at radius 1 is 0.808 bits per heavy atom. The molecule has 0 rings (SSSR count). The summed E-state index contributed by atoms with van der Waals surface area (Å²) < 4.78 is 18.1. The first-order chi connectivity index (χ1) is 12.3. The predicted octanol–water partition coefficient (Wildman–Crippen LogP) is 4.72. The number of hydrogen-bond donors (Lipinski definition) is 4. The molecule has 0 aromatic rings. The Morgan fingerprint density at radius 2 is 1.12 bits per heavy atom. The summed E-state index contributed by atoms with van der Waals surface area (Å²) in [4.78, 5) is 16.0. The van der Waals surface area contributed by atoms with Gasteiger partial charge in [0.15, 0.2) is 5.85 Å². The van der Waals surface area contributed by atoms with Gasteiger partial charge in [-0.25, -0.2) is 0 Å². The van der Waals surface area contributed by atoms with E-state index in [0.717, 1.165) is 33.2 Å². The Morgan fingerprint density at radius 3 is 1.27 bits per heavy atom. The Balaban J connectivity index is -0.000000133. The minimum absolute atomic E-state index is 0.750. The van der Waals surface area contributed by atoms with Crippen LogP contribution in [0.1, 0.15) is 90.9 Å². The second kappa shape index (κ2) is 30.3. The Bertz CT molecular complexity index is 252. The fourth-order valence-electron chi connectivity index (χ4n) is 1.67. The van der Waals surface area contributed by atoms with Crippen LogP contribution < -0.4 is 0 Å². The zero-order valence-corrected chi connectivity index (χ0v) is 19.2. The summed E-state index contributed by atoms with van der Waals surface area (Å²) in [5, 5.41) is 16.1. The predicted molar refractivity (Wildman–Crippen MR) is 103 cm³/mol. The standard InChI is InChI=1S/2C8H17.C2H7O5P.O.Ti/c2*1-3-5-7-8-6-4-2;3-1-2(4)8(5,6)7;;/h2*1,3-8H2,2H3;2-4H,1H2,(H2,5,6,7);;/q2*-1;;;+2. The maximum absolute atomic E-state index is 9.85. The zero-order valence-electron chi connectivity index (χ0n) is 16.7. The van der Waals surface area contributed by atoms with E-state index in [2.05, 4.69) is 27.7 Å². The summed E-state index contributed by atoms with van der Waals surface area (Å²) in [6, 6.07) is 0. The number of rotatable bonds is 12. The van der Waals surface area contributed by atoms with Gasteiger partial charge in [0, 0.05) is 0 Å². The molecule has 0 fully saturated rings. The first-order valence-corrected chi connectivity index (χ1v) is 11.8. The fourth-order valence-corrected chi connectivity index (χ4v) is 1.88. The van der Waals surface area contributed by atoms with E-state index in [4.69, 9.17) is 23.3 Å². The number of aliphatic hydroxyl groups excluding tert-OH is 2. The van der Waals surface area contributed by atoms with Gasteiger partial charge in [-0.15, -0.1) is 0 Å². The third-order valence-electron chi connectivity index (χ3n) is 3.26. The second-order valence-electron chi connectivity index (χ2n) is 5.79. The van der Waals surface area contributed by atoms with Crippen LogP contribution in [0.3, 0.4) is 0 Å². The molecule has 1 unspecified atom stereocenters. The van der Waals surface area contributed by atoms with Crippen LogP contribution in [0.25, 0.3) is 0 Å². The monoisotopic (exact) mass is 432 g/mol. The van der Waals surface area contributed by atoms with Crippen LogP contribution in [-0.2, 0) is 28.3 Å². The molecule has 1 atom stereocenters. The van der Waals surface area contributed by atoms with Gasteiger partial charge in [0.05, 0.1) is 6.61 Å². The molecular formula is C18H41O6PTi. The van der Waals surface area contributed by atoms with Gasteiger partial charge < -0.3 is 33.8 Å². The van der Waals surface area contributed by atoms with Gasteiger partial charge in [-0.3, -0.25) is 4.57 Å². The molecule has 6 nitrogen and oxygen atoms in total. The van der Waals surface area contributed by atoms with Crippen LogP contribution in [0.5, 0.6) is 0 Å². The van der Waals surface area contributed by atoms with Gasteiger partial charge >= 0.3 is 31.3 Å². The third-order valence-corrected chi connectivity index (χ3v) is 4.20. The van der Waals surface area contributed by atoms with E-state index in [0.29, 0.717) is 0 Å². The molecule has 0 aromatic carbocycles. The van der Waals surface area contributed by atoms with Crippen molar-refractivity contribution in [1.29, 1.82) is 0 Å². The fraction of sp³-hybridized carbons (Fsp3) is 0.889. The third kappa shape index (κ3) is 39.6. The molecule has 158 valence electrons. The van der Waals surface area contributed by atoms with Crippen LogP contribution in [-0.4, -0.2) is 32.5 Å². The van der Waals surface area contributed by atoms with Crippen LogP contribution in [0.2, 0.25) is 0 Å². The van der Waals surface area contributed by atoms with Crippen molar-refractivity contribution in [1.82, 2.24) is 0 Å². The number of hydrogen-bond acceptors (Lipinski definition) is 4. The molecule has 0 aliphatic heterocycles.